The van der Waals surface area contributed by atoms with Crippen LogP contribution in [0.3, 0.4) is 0 Å². The molecule has 0 aliphatic rings. The van der Waals surface area contributed by atoms with E-state index >= 15 is 0 Å². The molecule has 7 heteroatoms. The van der Waals surface area contributed by atoms with Crippen LogP contribution in [0.1, 0.15) is 16.7 Å². The standard InChI is InChI=1S/C12H12N6S/c1-7-3-4-9(19-7)8(2)17-18-12-10-11(14-5-13-10)15-6-16-12/h3-6H,1-2H3,(H2,13,14,15,16,18)/b17-8-. The Balaban J connectivity index is 1.87. The zero-order valence-electron chi connectivity index (χ0n) is 10.5. The smallest absolute Gasteiger partial charge is 0.182 e. The van der Waals surface area contributed by atoms with Gasteiger partial charge >= 0.3 is 0 Å². The highest BCUT2D eigenvalue weighted by Crippen LogP contribution is 2.17. The summed E-state index contributed by atoms with van der Waals surface area (Å²) in [5.41, 5.74) is 5.25. The Morgan fingerprint density at radius 3 is 3.00 bits per heavy atom. The van der Waals surface area contributed by atoms with Crippen LogP contribution in [0.15, 0.2) is 29.9 Å². The number of aromatic amines is 1. The molecule has 3 heterocycles. The quantitative estimate of drug-likeness (QED) is 0.567. The Morgan fingerprint density at radius 2 is 2.21 bits per heavy atom. The average Bonchev–Trinajstić information content (AvgIpc) is 3.04. The highest BCUT2D eigenvalue weighted by atomic mass is 32.1. The van der Waals surface area contributed by atoms with Gasteiger partial charge in [-0.15, -0.1) is 11.3 Å². The molecule has 3 rings (SSSR count). The number of nitrogens with one attached hydrogen (secondary N) is 2. The van der Waals surface area contributed by atoms with Crippen molar-refractivity contribution in [3.8, 4) is 0 Å². The number of aromatic nitrogens is 4. The van der Waals surface area contributed by atoms with Gasteiger partial charge in [-0.3, -0.25) is 5.43 Å². The first-order valence-electron chi connectivity index (χ1n) is 5.75. The van der Waals surface area contributed by atoms with Gasteiger partial charge in [-0.25, -0.2) is 15.0 Å². The van der Waals surface area contributed by atoms with Gasteiger partial charge in [0.1, 0.15) is 11.8 Å². The molecule has 0 aliphatic heterocycles. The predicted molar refractivity (Wildman–Crippen MR) is 76.6 cm³/mol. The second kappa shape index (κ2) is 4.77. The highest BCUT2D eigenvalue weighted by molar-refractivity contribution is 7.14. The van der Waals surface area contributed by atoms with Gasteiger partial charge in [0.05, 0.1) is 16.9 Å². The summed E-state index contributed by atoms with van der Waals surface area (Å²) in [7, 11) is 0. The third-order valence-electron chi connectivity index (χ3n) is 2.65. The fourth-order valence-electron chi connectivity index (χ4n) is 1.67. The van der Waals surface area contributed by atoms with Crippen LogP contribution in [0.4, 0.5) is 5.82 Å². The summed E-state index contributed by atoms with van der Waals surface area (Å²) in [6.45, 7) is 4.04. The summed E-state index contributed by atoms with van der Waals surface area (Å²) < 4.78 is 0. The van der Waals surface area contributed by atoms with Crippen molar-refractivity contribution in [1.82, 2.24) is 19.9 Å². The van der Waals surface area contributed by atoms with E-state index in [1.165, 1.54) is 11.2 Å². The Morgan fingerprint density at radius 1 is 1.32 bits per heavy atom. The minimum atomic E-state index is 0.620. The van der Waals surface area contributed by atoms with E-state index in [1.54, 1.807) is 17.7 Å². The molecule has 3 aromatic rings. The molecule has 0 radical (unpaired) electrons. The number of aryl methyl sites for hydroxylation is 1. The van der Waals surface area contributed by atoms with E-state index in [9.17, 15) is 0 Å². The van der Waals surface area contributed by atoms with E-state index < -0.39 is 0 Å². The van der Waals surface area contributed by atoms with Crippen LogP contribution in [0.5, 0.6) is 0 Å². The van der Waals surface area contributed by atoms with Crippen LogP contribution in [-0.4, -0.2) is 25.6 Å². The molecule has 2 N–H and O–H groups in total. The molecule has 0 bridgehead atoms. The second-order valence-corrected chi connectivity index (χ2v) is 5.33. The lowest BCUT2D eigenvalue weighted by molar-refractivity contribution is 1.16. The third-order valence-corrected chi connectivity index (χ3v) is 3.76. The first-order valence-corrected chi connectivity index (χ1v) is 6.57. The lowest BCUT2D eigenvalue weighted by Gasteiger charge is -2.01. The summed E-state index contributed by atoms with van der Waals surface area (Å²) in [4.78, 5) is 17.7. The summed E-state index contributed by atoms with van der Waals surface area (Å²) >= 11 is 1.71. The van der Waals surface area contributed by atoms with Gasteiger partial charge in [0.2, 0.25) is 0 Å². The van der Waals surface area contributed by atoms with Crippen LogP contribution < -0.4 is 5.43 Å². The summed E-state index contributed by atoms with van der Waals surface area (Å²) in [5.74, 6) is 0.620. The number of H-pyrrole nitrogens is 1. The molecule has 0 atom stereocenters. The summed E-state index contributed by atoms with van der Waals surface area (Å²) in [6, 6.07) is 4.14. The topological polar surface area (TPSA) is 78.8 Å². The molecular weight excluding hydrogens is 260 g/mol. The van der Waals surface area contributed by atoms with Gasteiger partial charge in [-0.1, -0.05) is 0 Å². The van der Waals surface area contributed by atoms with Gasteiger partial charge < -0.3 is 4.98 Å². The van der Waals surface area contributed by atoms with Gasteiger partial charge in [-0.2, -0.15) is 5.10 Å². The van der Waals surface area contributed by atoms with Gasteiger partial charge in [-0.05, 0) is 26.0 Å². The van der Waals surface area contributed by atoms with E-state index in [4.69, 9.17) is 0 Å². The van der Waals surface area contributed by atoms with Crippen LogP contribution >= 0.6 is 11.3 Å². The average molecular weight is 272 g/mol. The number of imidazole rings is 1. The number of hydrogen-bond acceptors (Lipinski definition) is 6. The third kappa shape index (κ3) is 2.32. The zero-order valence-corrected chi connectivity index (χ0v) is 11.3. The Kier molecular flexibility index (Phi) is 2.96. The molecule has 0 saturated carbocycles. The molecule has 96 valence electrons. The number of hydrogen-bond donors (Lipinski definition) is 2. The minimum absolute atomic E-state index is 0.620. The molecule has 0 amide bonds. The zero-order chi connectivity index (χ0) is 13.2. The fraction of sp³-hybridized carbons (Fsp3) is 0.167. The highest BCUT2D eigenvalue weighted by Gasteiger charge is 2.05. The predicted octanol–water partition coefficient (Wildman–Crippen LogP) is 2.56. The Hall–Kier alpha value is -2.28. The number of thiophene rings is 1. The van der Waals surface area contributed by atoms with Crippen molar-refractivity contribution < 1.29 is 0 Å². The maximum Gasteiger partial charge on any atom is 0.182 e. The molecule has 0 aliphatic carbocycles. The maximum atomic E-state index is 4.35. The van der Waals surface area contributed by atoms with Crippen LogP contribution in [0, 0.1) is 6.92 Å². The molecule has 19 heavy (non-hydrogen) atoms. The number of rotatable bonds is 3. The molecule has 0 aromatic carbocycles. The number of fused-ring (bicyclic) bond motifs is 1. The largest absolute Gasteiger partial charge is 0.340 e. The van der Waals surface area contributed by atoms with Crippen molar-refractivity contribution in [2.75, 3.05) is 5.43 Å². The van der Waals surface area contributed by atoms with E-state index in [0.717, 1.165) is 16.1 Å². The molecule has 3 aromatic heterocycles. The van der Waals surface area contributed by atoms with Gasteiger partial charge in [0.25, 0.3) is 0 Å². The van der Waals surface area contributed by atoms with E-state index in [0.29, 0.717) is 11.5 Å². The first kappa shape index (κ1) is 11.8. The summed E-state index contributed by atoms with van der Waals surface area (Å²) in [6.07, 6.45) is 3.05. The summed E-state index contributed by atoms with van der Waals surface area (Å²) in [5, 5.41) is 4.35. The van der Waals surface area contributed by atoms with Gasteiger partial charge in [0.15, 0.2) is 11.5 Å². The Labute approximate surface area is 113 Å². The minimum Gasteiger partial charge on any atom is -0.340 e. The van der Waals surface area contributed by atoms with Crippen molar-refractivity contribution >= 4 is 34.0 Å². The van der Waals surface area contributed by atoms with Crippen molar-refractivity contribution in [3.63, 3.8) is 0 Å². The van der Waals surface area contributed by atoms with Crippen LogP contribution in [-0.2, 0) is 0 Å². The van der Waals surface area contributed by atoms with Crippen molar-refractivity contribution in [2.45, 2.75) is 13.8 Å². The SMILES string of the molecule is C/C(=N/Nc1ncnc2nc[nH]c12)c1ccc(C)s1. The molecular formula is C12H12N6S. The number of anilines is 1. The Bertz CT molecular complexity index is 741. The van der Waals surface area contributed by atoms with Crippen LogP contribution in [0.25, 0.3) is 11.2 Å². The molecule has 0 spiro atoms. The fourth-order valence-corrected chi connectivity index (χ4v) is 2.48. The second-order valence-electron chi connectivity index (χ2n) is 4.04. The number of nitrogens with zero attached hydrogens (tertiary/aromatic N) is 4. The normalized spacial score (nSPS) is 12.0. The molecule has 0 fully saturated rings. The number of hydrazone groups is 1. The van der Waals surface area contributed by atoms with E-state index in [2.05, 4.69) is 49.5 Å². The van der Waals surface area contributed by atoms with Crippen LogP contribution in [0.2, 0.25) is 0 Å². The first-order chi connectivity index (χ1) is 9.24. The molecule has 6 nitrogen and oxygen atoms in total. The van der Waals surface area contributed by atoms with E-state index in [1.807, 2.05) is 6.92 Å². The van der Waals surface area contributed by atoms with Gasteiger partial charge in [0, 0.05) is 4.88 Å². The monoisotopic (exact) mass is 272 g/mol. The van der Waals surface area contributed by atoms with Crippen molar-refractivity contribution in [1.29, 1.82) is 0 Å². The lowest BCUT2D eigenvalue weighted by Crippen LogP contribution is -2.00. The van der Waals surface area contributed by atoms with Crippen molar-refractivity contribution in [3.05, 3.63) is 34.5 Å². The van der Waals surface area contributed by atoms with Crippen molar-refractivity contribution in [2.24, 2.45) is 5.10 Å². The van der Waals surface area contributed by atoms with E-state index in [-0.39, 0.29) is 0 Å². The maximum absolute atomic E-state index is 4.35. The molecule has 0 unspecified atom stereocenters. The molecule has 0 saturated heterocycles. The lowest BCUT2D eigenvalue weighted by atomic mass is 10.3.